The van der Waals surface area contributed by atoms with Crippen LogP contribution in [-0.2, 0) is 26.0 Å². The highest BCUT2D eigenvalue weighted by Crippen LogP contribution is 2.15. The normalized spacial score (nSPS) is 14.7. The SMILES string of the molecule is O=C(CCc1nc2ccccc2c(=O)[nH]1)Nc1ccc(S(=O)(=O)NCCCN2CCOCC2)cc1. The Balaban J connectivity index is 1.25. The van der Waals surface area contributed by atoms with E-state index in [0.717, 1.165) is 19.6 Å². The van der Waals surface area contributed by atoms with Crippen molar-refractivity contribution in [3.8, 4) is 0 Å². The van der Waals surface area contributed by atoms with Crippen LogP contribution < -0.4 is 15.6 Å². The molecule has 3 N–H and O–H groups in total. The monoisotopic (exact) mass is 499 g/mol. The smallest absolute Gasteiger partial charge is 0.258 e. The van der Waals surface area contributed by atoms with Crippen LogP contribution in [0.3, 0.4) is 0 Å². The summed E-state index contributed by atoms with van der Waals surface area (Å²) in [4.78, 5) is 34.0. The van der Waals surface area contributed by atoms with Crippen LogP contribution in [0.1, 0.15) is 18.7 Å². The molecule has 186 valence electrons. The lowest BCUT2D eigenvalue weighted by Gasteiger charge is -2.26. The minimum Gasteiger partial charge on any atom is -0.379 e. The van der Waals surface area contributed by atoms with Crippen molar-refractivity contribution in [3.05, 3.63) is 64.7 Å². The fourth-order valence-corrected chi connectivity index (χ4v) is 4.92. The van der Waals surface area contributed by atoms with E-state index in [-0.39, 0.29) is 29.2 Å². The minimum absolute atomic E-state index is 0.117. The lowest BCUT2D eigenvalue weighted by Crippen LogP contribution is -2.38. The van der Waals surface area contributed by atoms with E-state index in [4.69, 9.17) is 4.74 Å². The van der Waals surface area contributed by atoms with E-state index in [9.17, 15) is 18.0 Å². The van der Waals surface area contributed by atoms with Crippen molar-refractivity contribution < 1.29 is 17.9 Å². The molecule has 0 aliphatic carbocycles. The molecule has 1 amide bonds. The Bertz CT molecular complexity index is 1320. The van der Waals surface area contributed by atoms with Crippen molar-refractivity contribution in [2.75, 3.05) is 44.7 Å². The number of morpholine rings is 1. The number of aromatic nitrogens is 2. The van der Waals surface area contributed by atoms with Gasteiger partial charge in [-0.05, 0) is 49.4 Å². The van der Waals surface area contributed by atoms with Gasteiger partial charge >= 0.3 is 0 Å². The summed E-state index contributed by atoms with van der Waals surface area (Å²) < 4.78 is 33.0. The van der Waals surface area contributed by atoms with Gasteiger partial charge in [-0.3, -0.25) is 14.5 Å². The predicted octanol–water partition coefficient (Wildman–Crippen LogP) is 1.50. The molecule has 0 atom stereocenters. The third-order valence-corrected chi connectivity index (χ3v) is 7.22. The van der Waals surface area contributed by atoms with Gasteiger partial charge in [0.1, 0.15) is 5.82 Å². The molecule has 11 heteroatoms. The third kappa shape index (κ3) is 6.95. The van der Waals surface area contributed by atoms with E-state index in [1.54, 1.807) is 36.4 Å². The van der Waals surface area contributed by atoms with Crippen LogP contribution in [0.5, 0.6) is 0 Å². The van der Waals surface area contributed by atoms with Gasteiger partial charge in [-0.15, -0.1) is 0 Å². The first-order valence-electron chi connectivity index (χ1n) is 11.6. The Morgan fingerprint density at radius 3 is 2.60 bits per heavy atom. The molecule has 0 saturated carbocycles. The zero-order valence-electron chi connectivity index (χ0n) is 19.3. The van der Waals surface area contributed by atoms with Gasteiger partial charge < -0.3 is 15.0 Å². The highest BCUT2D eigenvalue weighted by molar-refractivity contribution is 7.89. The molecule has 2 heterocycles. The molecule has 0 bridgehead atoms. The van der Waals surface area contributed by atoms with E-state index in [2.05, 4.69) is 24.9 Å². The van der Waals surface area contributed by atoms with Gasteiger partial charge in [-0.1, -0.05) is 12.1 Å². The Morgan fingerprint density at radius 1 is 1.09 bits per heavy atom. The summed E-state index contributed by atoms with van der Waals surface area (Å²) in [6.45, 7) is 4.35. The summed E-state index contributed by atoms with van der Waals surface area (Å²) in [7, 11) is -3.62. The van der Waals surface area contributed by atoms with E-state index in [0.29, 0.717) is 48.6 Å². The van der Waals surface area contributed by atoms with Crippen molar-refractivity contribution in [2.24, 2.45) is 0 Å². The quantitative estimate of drug-likeness (QED) is 0.360. The number of amides is 1. The van der Waals surface area contributed by atoms with Crippen molar-refractivity contribution >= 4 is 32.5 Å². The number of H-pyrrole nitrogens is 1. The van der Waals surface area contributed by atoms with Crippen LogP contribution in [0.2, 0.25) is 0 Å². The molecule has 1 aromatic heterocycles. The average molecular weight is 500 g/mol. The highest BCUT2D eigenvalue weighted by atomic mass is 32.2. The lowest BCUT2D eigenvalue weighted by molar-refractivity contribution is -0.116. The summed E-state index contributed by atoms with van der Waals surface area (Å²) in [6.07, 6.45) is 1.10. The van der Waals surface area contributed by atoms with Gasteiger partial charge in [0.15, 0.2) is 0 Å². The largest absolute Gasteiger partial charge is 0.379 e. The molecule has 0 spiro atoms. The predicted molar refractivity (Wildman–Crippen MR) is 133 cm³/mol. The number of fused-ring (bicyclic) bond motifs is 1. The summed E-state index contributed by atoms with van der Waals surface area (Å²) in [5.74, 6) is 0.169. The van der Waals surface area contributed by atoms with Crippen LogP contribution in [0, 0.1) is 0 Å². The first-order chi connectivity index (χ1) is 16.9. The number of anilines is 1. The summed E-state index contributed by atoms with van der Waals surface area (Å²) in [5, 5.41) is 3.24. The maximum atomic E-state index is 12.5. The number of carbonyl (C=O) groups excluding carboxylic acids is 1. The zero-order valence-corrected chi connectivity index (χ0v) is 20.1. The standard InChI is InChI=1S/C24H29N5O5S/c30-23(11-10-22-27-21-5-2-1-4-20(21)24(31)28-22)26-18-6-8-19(9-7-18)35(32,33)25-12-3-13-29-14-16-34-17-15-29/h1-2,4-9,25H,3,10-17H2,(H,26,30)(H,27,28,31). The molecule has 0 radical (unpaired) electrons. The number of aryl methyl sites for hydroxylation is 1. The van der Waals surface area contributed by atoms with E-state index in [1.807, 2.05) is 0 Å². The molecular weight excluding hydrogens is 470 g/mol. The molecule has 4 rings (SSSR count). The zero-order chi connectivity index (χ0) is 24.7. The van der Waals surface area contributed by atoms with Gasteiger partial charge in [-0.2, -0.15) is 0 Å². The number of aromatic amines is 1. The maximum absolute atomic E-state index is 12.5. The van der Waals surface area contributed by atoms with E-state index >= 15 is 0 Å². The summed E-state index contributed by atoms with van der Waals surface area (Å²) in [5.41, 5.74) is 0.830. The van der Waals surface area contributed by atoms with Crippen molar-refractivity contribution in [1.29, 1.82) is 0 Å². The van der Waals surface area contributed by atoms with Gasteiger partial charge in [-0.25, -0.2) is 18.1 Å². The second-order valence-corrected chi connectivity index (χ2v) is 10.1. The number of benzene rings is 2. The van der Waals surface area contributed by atoms with Crippen molar-refractivity contribution in [1.82, 2.24) is 19.6 Å². The fraction of sp³-hybridized carbons (Fsp3) is 0.375. The summed E-state index contributed by atoms with van der Waals surface area (Å²) >= 11 is 0. The number of hydrogen-bond acceptors (Lipinski definition) is 7. The number of carbonyl (C=O) groups is 1. The number of hydrogen-bond donors (Lipinski definition) is 3. The Hall–Kier alpha value is -3.12. The fourth-order valence-electron chi connectivity index (χ4n) is 3.84. The lowest BCUT2D eigenvalue weighted by atomic mass is 10.2. The molecule has 2 aromatic carbocycles. The highest BCUT2D eigenvalue weighted by Gasteiger charge is 2.15. The van der Waals surface area contributed by atoms with Crippen molar-refractivity contribution in [3.63, 3.8) is 0 Å². The molecule has 3 aromatic rings. The van der Waals surface area contributed by atoms with Crippen LogP contribution in [0.4, 0.5) is 5.69 Å². The van der Waals surface area contributed by atoms with E-state index in [1.165, 1.54) is 12.1 Å². The van der Waals surface area contributed by atoms with Crippen LogP contribution in [0.25, 0.3) is 10.9 Å². The van der Waals surface area contributed by atoms with Gasteiger partial charge in [0.25, 0.3) is 5.56 Å². The Morgan fingerprint density at radius 2 is 1.83 bits per heavy atom. The second kappa shape index (κ2) is 11.5. The van der Waals surface area contributed by atoms with Crippen LogP contribution in [0.15, 0.2) is 58.2 Å². The van der Waals surface area contributed by atoms with Gasteiger partial charge in [0.05, 0.1) is 29.0 Å². The van der Waals surface area contributed by atoms with Crippen LogP contribution >= 0.6 is 0 Å². The minimum atomic E-state index is -3.62. The van der Waals surface area contributed by atoms with Crippen LogP contribution in [-0.4, -0.2) is 68.6 Å². The molecule has 0 unspecified atom stereocenters. The van der Waals surface area contributed by atoms with Gasteiger partial charge in [0, 0.05) is 38.2 Å². The number of para-hydroxylation sites is 1. The first kappa shape index (κ1) is 25.0. The van der Waals surface area contributed by atoms with Gasteiger partial charge in [0.2, 0.25) is 15.9 Å². The Labute approximate surface area is 203 Å². The average Bonchev–Trinajstić information content (AvgIpc) is 2.86. The molecule has 10 nitrogen and oxygen atoms in total. The van der Waals surface area contributed by atoms with E-state index < -0.39 is 10.0 Å². The topological polar surface area (TPSA) is 133 Å². The maximum Gasteiger partial charge on any atom is 0.258 e. The molecule has 1 fully saturated rings. The molecule has 35 heavy (non-hydrogen) atoms. The molecule has 1 aliphatic heterocycles. The number of sulfonamides is 1. The number of ether oxygens (including phenoxy) is 1. The number of rotatable bonds is 10. The van der Waals surface area contributed by atoms with Crippen molar-refractivity contribution in [2.45, 2.75) is 24.2 Å². The summed E-state index contributed by atoms with van der Waals surface area (Å²) in [6, 6.07) is 13.0. The first-order valence-corrected chi connectivity index (χ1v) is 13.1. The third-order valence-electron chi connectivity index (χ3n) is 5.75. The number of nitrogens with one attached hydrogen (secondary N) is 3. The molecule has 1 saturated heterocycles. The number of nitrogens with zero attached hydrogens (tertiary/aromatic N) is 2. The Kier molecular flexibility index (Phi) is 8.24. The second-order valence-electron chi connectivity index (χ2n) is 8.31. The molecular formula is C24H29N5O5S. The molecule has 1 aliphatic rings.